The van der Waals surface area contributed by atoms with Gasteiger partial charge >= 0.3 is 12.2 Å². The number of rotatable bonds is 5. The fourth-order valence-electron chi connectivity index (χ4n) is 1.95. The quantitative estimate of drug-likeness (QED) is 0.838. The minimum atomic E-state index is -4.58. The second-order valence-electron chi connectivity index (χ2n) is 4.58. The van der Waals surface area contributed by atoms with Crippen LogP contribution in [-0.4, -0.2) is 30.7 Å². The van der Waals surface area contributed by atoms with E-state index in [1.54, 1.807) is 31.2 Å². The lowest BCUT2D eigenvalue weighted by Crippen LogP contribution is -2.19. The third-order valence-electron chi connectivity index (χ3n) is 3.08. The number of hydrogen-bond donors (Lipinski definition) is 0. The Hall–Kier alpha value is -2.51. The van der Waals surface area contributed by atoms with Crippen molar-refractivity contribution in [1.29, 1.82) is 0 Å². The molecule has 0 fully saturated rings. The Morgan fingerprint density at radius 3 is 2.61 bits per heavy atom. The van der Waals surface area contributed by atoms with Crippen molar-refractivity contribution >= 4 is 11.5 Å². The number of alkyl halides is 3. The number of nitrogens with zero attached hydrogens (tertiary/aromatic N) is 3. The average molecular weight is 327 g/mol. The molecule has 8 heteroatoms. The smallest absolute Gasteiger partial charge is 0.421 e. The topological polar surface area (TPSA) is 47.5 Å². The molecule has 0 N–H and O–H groups in total. The van der Waals surface area contributed by atoms with E-state index < -0.39 is 11.7 Å². The van der Waals surface area contributed by atoms with E-state index in [4.69, 9.17) is 9.47 Å². The van der Waals surface area contributed by atoms with Crippen LogP contribution in [0.1, 0.15) is 12.5 Å². The van der Waals surface area contributed by atoms with E-state index >= 15 is 0 Å². The van der Waals surface area contributed by atoms with Crippen molar-refractivity contribution in [2.24, 2.45) is 0 Å². The minimum Gasteiger partial charge on any atom is -0.497 e. The number of methoxy groups -OCH3 is 1. The van der Waals surface area contributed by atoms with Crippen molar-refractivity contribution in [1.82, 2.24) is 9.97 Å². The molecule has 1 aromatic heterocycles. The van der Waals surface area contributed by atoms with Crippen molar-refractivity contribution in [3.8, 4) is 11.8 Å². The lowest BCUT2D eigenvalue weighted by atomic mass is 10.2. The highest BCUT2D eigenvalue weighted by Crippen LogP contribution is 2.38. The first-order valence-corrected chi connectivity index (χ1v) is 6.81. The van der Waals surface area contributed by atoms with E-state index in [1.807, 2.05) is 0 Å². The number of ether oxygens (including phenoxy) is 2. The number of anilines is 2. The predicted octanol–water partition coefficient (Wildman–Crippen LogP) is 3.67. The van der Waals surface area contributed by atoms with Gasteiger partial charge in [0, 0.05) is 25.0 Å². The highest BCUT2D eigenvalue weighted by Gasteiger charge is 2.36. The summed E-state index contributed by atoms with van der Waals surface area (Å²) in [6.07, 6.45) is -3.85. The van der Waals surface area contributed by atoms with E-state index in [-0.39, 0.29) is 18.4 Å². The van der Waals surface area contributed by atoms with Gasteiger partial charge in [-0.1, -0.05) is 6.07 Å². The molecule has 0 saturated carbocycles. The third-order valence-corrected chi connectivity index (χ3v) is 3.08. The maximum absolute atomic E-state index is 13.2. The summed E-state index contributed by atoms with van der Waals surface area (Å²) in [6.45, 7) is 1.96. The van der Waals surface area contributed by atoms with Crippen LogP contribution in [0.5, 0.6) is 11.8 Å². The van der Waals surface area contributed by atoms with E-state index in [1.165, 1.54) is 19.1 Å². The van der Waals surface area contributed by atoms with Gasteiger partial charge in [-0.05, 0) is 19.1 Å². The molecule has 1 aromatic carbocycles. The van der Waals surface area contributed by atoms with E-state index in [9.17, 15) is 13.2 Å². The van der Waals surface area contributed by atoms with E-state index in [0.29, 0.717) is 11.4 Å². The molecule has 0 unspecified atom stereocenters. The summed E-state index contributed by atoms with van der Waals surface area (Å²) >= 11 is 0. The van der Waals surface area contributed by atoms with Crippen LogP contribution in [0.4, 0.5) is 24.7 Å². The zero-order valence-electron chi connectivity index (χ0n) is 12.9. The van der Waals surface area contributed by atoms with Crippen LogP contribution < -0.4 is 14.4 Å². The van der Waals surface area contributed by atoms with Gasteiger partial charge in [0.15, 0.2) is 5.82 Å². The van der Waals surface area contributed by atoms with Crippen molar-refractivity contribution < 1.29 is 22.6 Å². The van der Waals surface area contributed by atoms with Crippen LogP contribution in [0.15, 0.2) is 30.5 Å². The molecular formula is C15H16F3N3O2. The van der Waals surface area contributed by atoms with Crippen molar-refractivity contribution in [3.63, 3.8) is 0 Å². The summed E-state index contributed by atoms with van der Waals surface area (Å²) in [4.78, 5) is 8.81. The second kappa shape index (κ2) is 6.72. The largest absolute Gasteiger partial charge is 0.497 e. The molecule has 2 rings (SSSR count). The Bertz CT molecular complexity index is 677. The van der Waals surface area contributed by atoms with Crippen LogP contribution in [0.3, 0.4) is 0 Å². The normalized spacial score (nSPS) is 11.2. The summed E-state index contributed by atoms with van der Waals surface area (Å²) < 4.78 is 49.8. The average Bonchev–Trinajstić information content (AvgIpc) is 2.53. The van der Waals surface area contributed by atoms with Crippen molar-refractivity contribution in [2.45, 2.75) is 13.1 Å². The highest BCUT2D eigenvalue weighted by atomic mass is 19.4. The Kier molecular flexibility index (Phi) is 4.92. The number of aromatic nitrogens is 2. The summed E-state index contributed by atoms with van der Waals surface area (Å²) in [7, 11) is 2.97. The maximum atomic E-state index is 13.2. The molecule has 0 atom stereocenters. The molecule has 124 valence electrons. The van der Waals surface area contributed by atoms with Crippen LogP contribution in [-0.2, 0) is 6.18 Å². The molecule has 1 heterocycles. The van der Waals surface area contributed by atoms with E-state index in [2.05, 4.69) is 9.97 Å². The second-order valence-corrected chi connectivity index (χ2v) is 4.58. The number of benzene rings is 1. The first-order valence-electron chi connectivity index (χ1n) is 6.81. The molecule has 0 bridgehead atoms. The lowest BCUT2D eigenvalue weighted by molar-refractivity contribution is -0.137. The standard InChI is InChI=1S/C15H16F3N3O2/c1-4-23-14-19-9-12(15(16,17)18)13(20-14)21(2)10-6-5-7-11(8-10)22-3/h5-9H,4H2,1-3H3. The number of hydrogen-bond acceptors (Lipinski definition) is 5. The fourth-order valence-corrected chi connectivity index (χ4v) is 1.95. The van der Waals surface area contributed by atoms with E-state index in [0.717, 1.165) is 6.20 Å². The van der Waals surface area contributed by atoms with Gasteiger partial charge in [-0.15, -0.1) is 0 Å². The predicted molar refractivity (Wildman–Crippen MR) is 79.3 cm³/mol. The van der Waals surface area contributed by atoms with Crippen molar-refractivity contribution in [2.75, 3.05) is 25.7 Å². The van der Waals surface area contributed by atoms with Gasteiger partial charge in [0.05, 0.1) is 13.7 Å². The van der Waals surface area contributed by atoms with Crippen LogP contribution in [0, 0.1) is 0 Å². The van der Waals surface area contributed by atoms with Crippen LogP contribution >= 0.6 is 0 Å². The van der Waals surface area contributed by atoms with Gasteiger partial charge in [0.1, 0.15) is 11.3 Å². The van der Waals surface area contributed by atoms with Crippen LogP contribution in [0.25, 0.3) is 0 Å². The van der Waals surface area contributed by atoms with Crippen molar-refractivity contribution in [3.05, 3.63) is 36.0 Å². The Labute approximate surface area is 131 Å². The molecule has 23 heavy (non-hydrogen) atoms. The van der Waals surface area contributed by atoms with Gasteiger partial charge in [-0.3, -0.25) is 0 Å². The Balaban J connectivity index is 2.51. The molecule has 0 aliphatic carbocycles. The van der Waals surface area contributed by atoms with Crippen LogP contribution in [0.2, 0.25) is 0 Å². The summed E-state index contributed by atoms with van der Waals surface area (Å²) in [6, 6.07) is 6.55. The molecule has 0 saturated heterocycles. The van der Waals surface area contributed by atoms with Gasteiger partial charge in [-0.25, -0.2) is 4.98 Å². The molecule has 0 spiro atoms. The third kappa shape index (κ3) is 3.82. The Morgan fingerprint density at radius 2 is 2.00 bits per heavy atom. The fraction of sp³-hybridized carbons (Fsp3) is 0.333. The van der Waals surface area contributed by atoms with Gasteiger partial charge in [-0.2, -0.15) is 18.2 Å². The summed E-state index contributed by atoms with van der Waals surface area (Å²) in [5, 5.41) is 0. The van der Waals surface area contributed by atoms with Gasteiger partial charge < -0.3 is 14.4 Å². The maximum Gasteiger partial charge on any atom is 0.421 e. The zero-order valence-corrected chi connectivity index (χ0v) is 12.9. The first kappa shape index (κ1) is 16.9. The molecule has 0 amide bonds. The zero-order chi connectivity index (χ0) is 17.0. The summed E-state index contributed by atoms with van der Waals surface area (Å²) in [5.74, 6) is 0.242. The Morgan fingerprint density at radius 1 is 1.26 bits per heavy atom. The number of halogens is 3. The molecule has 0 radical (unpaired) electrons. The monoisotopic (exact) mass is 327 g/mol. The first-order chi connectivity index (χ1) is 10.9. The van der Waals surface area contributed by atoms with Gasteiger partial charge in [0.25, 0.3) is 0 Å². The molecule has 5 nitrogen and oxygen atoms in total. The molecule has 2 aromatic rings. The van der Waals surface area contributed by atoms with Gasteiger partial charge in [0.2, 0.25) is 0 Å². The molecule has 0 aliphatic rings. The summed E-state index contributed by atoms with van der Waals surface area (Å²) in [5.41, 5.74) is -0.442. The highest BCUT2D eigenvalue weighted by molar-refractivity contribution is 5.64. The molecule has 0 aliphatic heterocycles. The minimum absolute atomic E-state index is 0.106. The lowest BCUT2D eigenvalue weighted by Gasteiger charge is -2.22. The SMILES string of the molecule is CCOc1ncc(C(F)(F)F)c(N(C)c2cccc(OC)c2)n1. The molecular weight excluding hydrogens is 311 g/mol.